The van der Waals surface area contributed by atoms with Gasteiger partial charge in [0.2, 0.25) is 0 Å². The number of benzene rings is 3. The van der Waals surface area contributed by atoms with Crippen LogP contribution >= 0.6 is 0 Å². The number of nitrogens with one attached hydrogen (secondary N) is 1. The smallest absolute Gasteiger partial charge is 0.264 e. The van der Waals surface area contributed by atoms with Crippen molar-refractivity contribution in [3.05, 3.63) is 94.6 Å². The second-order valence-electron chi connectivity index (χ2n) is 8.73. The number of anilines is 1. The van der Waals surface area contributed by atoms with E-state index in [2.05, 4.69) is 17.4 Å². The molecule has 7 heteroatoms. The van der Waals surface area contributed by atoms with Gasteiger partial charge in [0.25, 0.3) is 11.8 Å². The average molecular weight is 462 g/mol. The predicted molar refractivity (Wildman–Crippen MR) is 124 cm³/mol. The highest BCUT2D eigenvalue weighted by Gasteiger charge is 2.35. The van der Waals surface area contributed by atoms with Crippen LogP contribution in [0.25, 0.3) is 0 Å². The maximum atomic E-state index is 14.0. The van der Waals surface area contributed by atoms with Crippen LogP contribution in [0.1, 0.15) is 52.9 Å². The molecule has 34 heavy (non-hydrogen) atoms. The number of hydrogen-bond acceptors (Lipinski definition) is 3. The van der Waals surface area contributed by atoms with Crippen molar-refractivity contribution >= 4 is 17.5 Å². The Balaban J connectivity index is 1.44. The SMILES string of the molecule is C[C@H]1Oc2ccc(NC(=O)c3ccc(F)cc3F)cc2CN([C@H]2CCCc3ccccc32)C1=O. The molecule has 0 bridgehead atoms. The van der Waals surface area contributed by atoms with E-state index >= 15 is 0 Å². The quantitative estimate of drug-likeness (QED) is 0.567. The molecule has 1 N–H and O–H groups in total. The Morgan fingerprint density at radius 1 is 1.06 bits per heavy atom. The number of hydrogen-bond donors (Lipinski definition) is 1. The van der Waals surface area contributed by atoms with E-state index in [-0.39, 0.29) is 17.5 Å². The van der Waals surface area contributed by atoms with Gasteiger partial charge in [-0.25, -0.2) is 8.78 Å². The Bertz CT molecular complexity index is 1280. The second-order valence-corrected chi connectivity index (χ2v) is 8.73. The van der Waals surface area contributed by atoms with Crippen LogP contribution in [-0.2, 0) is 17.8 Å². The van der Waals surface area contributed by atoms with Crippen LogP contribution in [0.15, 0.2) is 60.7 Å². The van der Waals surface area contributed by atoms with Gasteiger partial charge in [0.05, 0.1) is 18.2 Å². The number of aryl methyl sites for hydroxylation is 1. The van der Waals surface area contributed by atoms with Gasteiger partial charge >= 0.3 is 0 Å². The van der Waals surface area contributed by atoms with E-state index in [4.69, 9.17) is 4.74 Å². The number of ether oxygens (including phenoxy) is 1. The van der Waals surface area contributed by atoms with Gasteiger partial charge in [0.1, 0.15) is 17.4 Å². The van der Waals surface area contributed by atoms with Crippen molar-refractivity contribution in [2.45, 2.75) is 44.9 Å². The first kappa shape index (κ1) is 22.1. The minimum absolute atomic E-state index is 0.0546. The molecule has 0 radical (unpaired) electrons. The maximum absolute atomic E-state index is 14.0. The van der Waals surface area contributed by atoms with Crippen LogP contribution in [0.5, 0.6) is 5.75 Å². The highest BCUT2D eigenvalue weighted by Crippen LogP contribution is 2.38. The molecule has 0 aromatic heterocycles. The Morgan fingerprint density at radius 2 is 1.88 bits per heavy atom. The number of fused-ring (bicyclic) bond motifs is 2. The fourth-order valence-electron chi connectivity index (χ4n) is 4.82. The lowest BCUT2D eigenvalue weighted by molar-refractivity contribution is -0.140. The monoisotopic (exact) mass is 462 g/mol. The van der Waals surface area contributed by atoms with E-state index in [9.17, 15) is 18.4 Å². The van der Waals surface area contributed by atoms with E-state index in [1.165, 1.54) is 5.56 Å². The lowest BCUT2D eigenvalue weighted by Crippen LogP contribution is -2.41. The Morgan fingerprint density at radius 3 is 2.71 bits per heavy atom. The zero-order valence-electron chi connectivity index (χ0n) is 18.7. The van der Waals surface area contributed by atoms with Gasteiger partial charge in [0.15, 0.2) is 6.10 Å². The van der Waals surface area contributed by atoms with Crippen LogP contribution in [0.4, 0.5) is 14.5 Å². The van der Waals surface area contributed by atoms with Gasteiger partial charge in [-0.15, -0.1) is 0 Å². The standard InChI is InChI=1S/C27H24F2N2O3/c1-16-27(33)31(24-8-4-6-17-5-2-3-7-21(17)24)15-18-13-20(10-12-25(18)34-16)30-26(32)22-11-9-19(28)14-23(22)29/h2-3,5,7,9-14,16,24H,4,6,8,15H2,1H3,(H,30,32)/t16-,24+/m1/s1. The Kier molecular flexibility index (Phi) is 5.77. The maximum Gasteiger partial charge on any atom is 0.264 e. The van der Waals surface area contributed by atoms with E-state index < -0.39 is 23.6 Å². The summed E-state index contributed by atoms with van der Waals surface area (Å²) in [4.78, 5) is 27.7. The molecule has 0 unspecified atom stereocenters. The van der Waals surface area contributed by atoms with Gasteiger partial charge in [0, 0.05) is 17.3 Å². The molecule has 0 spiro atoms. The zero-order chi connectivity index (χ0) is 23.8. The third kappa shape index (κ3) is 4.14. The Hall–Kier alpha value is -3.74. The molecule has 0 saturated heterocycles. The molecule has 1 aliphatic carbocycles. The van der Waals surface area contributed by atoms with Gasteiger partial charge in [-0.1, -0.05) is 24.3 Å². The molecule has 2 amide bonds. The molecule has 1 aliphatic heterocycles. The van der Waals surface area contributed by atoms with Crippen molar-refractivity contribution < 1.29 is 23.1 Å². The van der Waals surface area contributed by atoms with Crippen molar-refractivity contribution in [2.75, 3.05) is 5.32 Å². The molecular formula is C27H24F2N2O3. The molecule has 174 valence electrons. The lowest BCUT2D eigenvalue weighted by Gasteiger charge is -2.35. The van der Waals surface area contributed by atoms with Gasteiger partial charge in [-0.05, 0) is 67.6 Å². The number of nitrogens with zero attached hydrogens (tertiary/aromatic N) is 1. The van der Waals surface area contributed by atoms with Gasteiger partial charge < -0.3 is 15.0 Å². The summed E-state index contributed by atoms with van der Waals surface area (Å²) in [5.41, 5.74) is 3.35. The van der Waals surface area contributed by atoms with Gasteiger partial charge in [-0.2, -0.15) is 0 Å². The summed E-state index contributed by atoms with van der Waals surface area (Å²) in [6.45, 7) is 2.07. The molecule has 3 aromatic rings. The topological polar surface area (TPSA) is 58.6 Å². The molecule has 0 fully saturated rings. The molecule has 2 atom stereocenters. The first-order chi connectivity index (χ1) is 16.4. The van der Waals surface area contributed by atoms with E-state index in [1.54, 1.807) is 25.1 Å². The second kappa shape index (κ2) is 8.89. The van der Waals surface area contributed by atoms with E-state index in [1.807, 2.05) is 17.0 Å². The summed E-state index contributed by atoms with van der Waals surface area (Å²) in [7, 11) is 0. The molecule has 1 heterocycles. The largest absolute Gasteiger partial charge is 0.481 e. The van der Waals surface area contributed by atoms with Crippen molar-refractivity contribution in [1.29, 1.82) is 0 Å². The fraction of sp³-hybridized carbons (Fsp3) is 0.259. The summed E-state index contributed by atoms with van der Waals surface area (Å²) in [5, 5.41) is 2.66. The summed E-state index contributed by atoms with van der Waals surface area (Å²) in [5.74, 6) is -1.89. The molecular weight excluding hydrogens is 438 g/mol. The summed E-state index contributed by atoms with van der Waals surface area (Å²) >= 11 is 0. The number of amides is 2. The van der Waals surface area contributed by atoms with Crippen molar-refractivity contribution in [3.63, 3.8) is 0 Å². The lowest BCUT2D eigenvalue weighted by atomic mass is 9.86. The normalized spacial score (nSPS) is 19.5. The number of carbonyl (C=O) groups is 2. The third-order valence-corrected chi connectivity index (χ3v) is 6.48. The summed E-state index contributed by atoms with van der Waals surface area (Å²) in [6.07, 6.45) is 2.20. The number of rotatable bonds is 3. The van der Waals surface area contributed by atoms with Crippen LogP contribution in [0.2, 0.25) is 0 Å². The van der Waals surface area contributed by atoms with Crippen molar-refractivity contribution in [1.82, 2.24) is 4.90 Å². The summed E-state index contributed by atoms with van der Waals surface area (Å²) < 4.78 is 33.2. The summed E-state index contributed by atoms with van der Waals surface area (Å²) in [6, 6.07) is 16.0. The minimum Gasteiger partial charge on any atom is -0.481 e. The molecule has 2 aliphatic rings. The van der Waals surface area contributed by atoms with Crippen molar-refractivity contribution in [2.24, 2.45) is 0 Å². The van der Waals surface area contributed by atoms with Crippen LogP contribution in [-0.4, -0.2) is 22.8 Å². The highest BCUT2D eigenvalue weighted by atomic mass is 19.1. The van der Waals surface area contributed by atoms with Crippen LogP contribution in [0, 0.1) is 11.6 Å². The first-order valence-electron chi connectivity index (χ1n) is 11.3. The number of carbonyl (C=O) groups excluding carboxylic acids is 2. The van der Waals surface area contributed by atoms with E-state index in [0.29, 0.717) is 24.0 Å². The van der Waals surface area contributed by atoms with E-state index in [0.717, 1.165) is 42.5 Å². The molecule has 0 saturated carbocycles. The van der Waals surface area contributed by atoms with Crippen LogP contribution in [0.3, 0.4) is 0 Å². The predicted octanol–water partition coefficient (Wildman–Crippen LogP) is 5.40. The first-order valence-corrected chi connectivity index (χ1v) is 11.3. The zero-order valence-corrected chi connectivity index (χ0v) is 18.7. The highest BCUT2D eigenvalue weighted by molar-refractivity contribution is 6.04. The molecule has 3 aromatic carbocycles. The molecule has 5 nitrogen and oxygen atoms in total. The Labute approximate surface area is 196 Å². The fourth-order valence-corrected chi connectivity index (χ4v) is 4.82. The average Bonchev–Trinajstić information content (AvgIpc) is 2.94. The van der Waals surface area contributed by atoms with Crippen molar-refractivity contribution in [3.8, 4) is 5.75 Å². The van der Waals surface area contributed by atoms with Crippen LogP contribution < -0.4 is 10.1 Å². The third-order valence-electron chi connectivity index (χ3n) is 6.48. The number of halogens is 2. The minimum atomic E-state index is -0.933. The molecule has 5 rings (SSSR count). The van der Waals surface area contributed by atoms with Gasteiger partial charge in [-0.3, -0.25) is 9.59 Å².